The first kappa shape index (κ1) is 12.3. The smallest absolute Gasteiger partial charge is 0.160 e. The molecule has 0 N–H and O–H groups in total. The highest BCUT2D eigenvalue weighted by Gasteiger charge is 2.31. The van der Waals surface area contributed by atoms with Gasteiger partial charge in [-0.2, -0.15) is 0 Å². The highest BCUT2D eigenvalue weighted by molar-refractivity contribution is 5.95. The number of carbonyl (C=O) groups is 1. The number of hydrogen-bond donors (Lipinski definition) is 0. The lowest BCUT2D eigenvalue weighted by molar-refractivity contribution is -0.117. The molecule has 86 valence electrons. The summed E-state index contributed by atoms with van der Waals surface area (Å²) in [5, 5.41) is 0. The zero-order valence-electron chi connectivity index (χ0n) is 10.6. The lowest BCUT2D eigenvalue weighted by atomic mass is 9.71. The molecule has 0 aliphatic heterocycles. The van der Waals surface area contributed by atoms with Gasteiger partial charge in [-0.3, -0.25) is 4.79 Å². The van der Waals surface area contributed by atoms with Crippen LogP contribution < -0.4 is 0 Å². The van der Waals surface area contributed by atoms with Crippen LogP contribution in [0.2, 0.25) is 0 Å². The number of nitrogens with zero attached hydrogens (tertiary/aromatic N) is 1. The average molecular weight is 209 g/mol. The number of ketones is 1. The van der Waals surface area contributed by atoms with Gasteiger partial charge in [0.15, 0.2) is 5.78 Å². The predicted octanol–water partition coefficient (Wildman–Crippen LogP) is 2.85. The van der Waals surface area contributed by atoms with Gasteiger partial charge in [-0.1, -0.05) is 20.8 Å². The topological polar surface area (TPSA) is 20.3 Å². The van der Waals surface area contributed by atoms with Crippen molar-refractivity contribution >= 4 is 5.78 Å². The van der Waals surface area contributed by atoms with Crippen molar-refractivity contribution in [1.82, 2.24) is 4.90 Å². The summed E-state index contributed by atoms with van der Waals surface area (Å²) in [4.78, 5) is 13.7. The van der Waals surface area contributed by atoms with Crippen molar-refractivity contribution in [2.24, 2.45) is 11.3 Å². The normalized spacial score (nSPS) is 25.8. The molecule has 0 spiro atoms. The summed E-state index contributed by atoms with van der Waals surface area (Å²) >= 11 is 0. The second kappa shape index (κ2) is 4.38. The van der Waals surface area contributed by atoms with Gasteiger partial charge in [-0.25, -0.2) is 0 Å². The van der Waals surface area contributed by atoms with Gasteiger partial charge in [0.2, 0.25) is 0 Å². The van der Waals surface area contributed by atoms with Crippen LogP contribution in [0.5, 0.6) is 0 Å². The Morgan fingerprint density at radius 1 is 1.33 bits per heavy atom. The molecule has 2 heteroatoms. The third-order valence-electron chi connectivity index (χ3n) is 3.18. The number of hydrogen-bond acceptors (Lipinski definition) is 2. The number of Topliss-reactive ketones (excluding diaryl/α,β-unsaturated/α-hetero) is 1. The SMILES string of the molecule is CN(C)C=C1CC(C(C)(C)C)CCC1=O. The minimum Gasteiger partial charge on any atom is -0.383 e. The number of carbonyl (C=O) groups excluding carboxylic acids is 1. The van der Waals surface area contributed by atoms with Gasteiger partial charge in [0, 0.05) is 32.3 Å². The molecule has 0 saturated heterocycles. The second-order valence-electron chi connectivity index (χ2n) is 5.85. The van der Waals surface area contributed by atoms with Gasteiger partial charge in [0.25, 0.3) is 0 Å². The van der Waals surface area contributed by atoms with Crippen LogP contribution in [0.4, 0.5) is 0 Å². The molecule has 1 fully saturated rings. The number of rotatable bonds is 1. The van der Waals surface area contributed by atoms with Gasteiger partial charge in [0.1, 0.15) is 0 Å². The molecule has 0 aromatic rings. The molecule has 1 aliphatic carbocycles. The van der Waals surface area contributed by atoms with Crippen LogP contribution in [0.3, 0.4) is 0 Å². The highest BCUT2D eigenvalue weighted by Crippen LogP contribution is 2.38. The molecule has 0 aromatic carbocycles. The quantitative estimate of drug-likeness (QED) is 0.619. The molecule has 0 amide bonds. The Morgan fingerprint density at radius 3 is 2.40 bits per heavy atom. The fourth-order valence-electron chi connectivity index (χ4n) is 2.12. The zero-order valence-corrected chi connectivity index (χ0v) is 10.6. The van der Waals surface area contributed by atoms with Crippen LogP contribution in [0.25, 0.3) is 0 Å². The minimum absolute atomic E-state index is 0.312. The van der Waals surface area contributed by atoms with E-state index < -0.39 is 0 Å². The predicted molar refractivity (Wildman–Crippen MR) is 63.6 cm³/mol. The Morgan fingerprint density at radius 2 is 1.93 bits per heavy atom. The van der Waals surface area contributed by atoms with Crippen molar-refractivity contribution in [1.29, 1.82) is 0 Å². The summed E-state index contributed by atoms with van der Waals surface area (Å²) in [7, 11) is 3.95. The van der Waals surface area contributed by atoms with E-state index in [2.05, 4.69) is 20.8 Å². The summed E-state index contributed by atoms with van der Waals surface area (Å²) < 4.78 is 0. The van der Waals surface area contributed by atoms with Crippen molar-refractivity contribution in [3.05, 3.63) is 11.8 Å². The Labute approximate surface area is 93.3 Å². The van der Waals surface area contributed by atoms with Crippen LogP contribution in [0.1, 0.15) is 40.0 Å². The Balaban J connectivity index is 2.77. The zero-order chi connectivity index (χ0) is 11.6. The Kier molecular flexibility index (Phi) is 3.58. The maximum absolute atomic E-state index is 11.7. The summed E-state index contributed by atoms with van der Waals surface area (Å²) in [5.41, 5.74) is 1.32. The number of allylic oxidation sites excluding steroid dienone is 1. The largest absolute Gasteiger partial charge is 0.383 e. The van der Waals surface area contributed by atoms with E-state index in [-0.39, 0.29) is 0 Å². The molecular weight excluding hydrogens is 186 g/mol. The molecule has 1 unspecified atom stereocenters. The first-order valence-corrected chi connectivity index (χ1v) is 5.71. The first-order valence-electron chi connectivity index (χ1n) is 5.71. The lowest BCUT2D eigenvalue weighted by Gasteiger charge is -2.34. The first-order chi connectivity index (χ1) is 6.80. The molecule has 1 rings (SSSR count). The summed E-state index contributed by atoms with van der Waals surface area (Å²) in [6.45, 7) is 6.79. The third kappa shape index (κ3) is 3.37. The highest BCUT2D eigenvalue weighted by atomic mass is 16.1. The Hall–Kier alpha value is -0.790. The maximum Gasteiger partial charge on any atom is 0.160 e. The fourth-order valence-corrected chi connectivity index (χ4v) is 2.12. The molecule has 0 radical (unpaired) electrons. The fraction of sp³-hybridized carbons (Fsp3) is 0.769. The van der Waals surface area contributed by atoms with E-state index in [1.165, 1.54) is 0 Å². The summed E-state index contributed by atoms with van der Waals surface area (Å²) in [6.07, 6.45) is 4.70. The standard InChI is InChI=1S/C13H23NO/c1-13(2,3)11-6-7-12(15)10(8-11)9-14(4)5/h9,11H,6-8H2,1-5H3. The van der Waals surface area contributed by atoms with Crippen molar-refractivity contribution in [2.45, 2.75) is 40.0 Å². The van der Waals surface area contributed by atoms with Gasteiger partial charge >= 0.3 is 0 Å². The molecule has 2 nitrogen and oxygen atoms in total. The molecule has 1 atom stereocenters. The molecule has 0 bridgehead atoms. The van der Waals surface area contributed by atoms with Crippen LogP contribution in [-0.2, 0) is 4.79 Å². The third-order valence-corrected chi connectivity index (χ3v) is 3.18. The Bertz CT molecular complexity index is 271. The van der Waals surface area contributed by atoms with E-state index in [4.69, 9.17) is 0 Å². The van der Waals surface area contributed by atoms with Crippen LogP contribution in [-0.4, -0.2) is 24.8 Å². The van der Waals surface area contributed by atoms with E-state index in [0.29, 0.717) is 17.1 Å². The van der Waals surface area contributed by atoms with Gasteiger partial charge < -0.3 is 4.90 Å². The molecular formula is C13H23NO. The molecule has 15 heavy (non-hydrogen) atoms. The van der Waals surface area contributed by atoms with Crippen LogP contribution in [0.15, 0.2) is 11.8 Å². The monoisotopic (exact) mass is 209 g/mol. The van der Waals surface area contributed by atoms with Crippen molar-refractivity contribution in [3.8, 4) is 0 Å². The van der Waals surface area contributed by atoms with E-state index >= 15 is 0 Å². The van der Waals surface area contributed by atoms with E-state index in [1.54, 1.807) is 0 Å². The van der Waals surface area contributed by atoms with Gasteiger partial charge in [-0.05, 0) is 24.2 Å². The van der Waals surface area contributed by atoms with E-state index in [1.807, 2.05) is 25.2 Å². The minimum atomic E-state index is 0.312. The second-order valence-corrected chi connectivity index (χ2v) is 5.85. The van der Waals surface area contributed by atoms with Crippen molar-refractivity contribution < 1.29 is 4.79 Å². The summed E-state index contributed by atoms with van der Waals surface area (Å²) in [6, 6.07) is 0. The lowest BCUT2D eigenvalue weighted by Crippen LogP contribution is -2.28. The summed E-state index contributed by atoms with van der Waals surface area (Å²) in [5.74, 6) is 0.977. The van der Waals surface area contributed by atoms with Crippen LogP contribution in [0, 0.1) is 11.3 Å². The average Bonchev–Trinajstić information content (AvgIpc) is 2.06. The van der Waals surface area contributed by atoms with Gasteiger partial charge in [-0.15, -0.1) is 0 Å². The van der Waals surface area contributed by atoms with Gasteiger partial charge in [0.05, 0.1) is 0 Å². The molecule has 1 aliphatic rings. The molecule has 0 heterocycles. The molecule has 1 saturated carbocycles. The van der Waals surface area contributed by atoms with E-state index in [9.17, 15) is 4.79 Å². The van der Waals surface area contributed by atoms with Crippen molar-refractivity contribution in [3.63, 3.8) is 0 Å². The van der Waals surface area contributed by atoms with Crippen LogP contribution >= 0.6 is 0 Å². The van der Waals surface area contributed by atoms with E-state index in [0.717, 1.165) is 24.8 Å². The maximum atomic E-state index is 11.7. The van der Waals surface area contributed by atoms with Crippen molar-refractivity contribution in [2.75, 3.05) is 14.1 Å². The molecule has 0 aromatic heterocycles.